The van der Waals surface area contributed by atoms with Crippen molar-refractivity contribution in [2.24, 2.45) is 5.92 Å². The lowest BCUT2D eigenvalue weighted by Crippen LogP contribution is -2.14. The van der Waals surface area contributed by atoms with Crippen molar-refractivity contribution >= 4 is 0 Å². The average molecular weight is 395 g/mol. The first-order valence-corrected chi connectivity index (χ1v) is 10.3. The molecule has 0 bridgehead atoms. The Hall–Kier alpha value is -0.280. The fraction of sp³-hybridized carbons (Fsp3) is 1.00. The molecule has 0 radical (unpaired) electrons. The van der Waals surface area contributed by atoms with E-state index < -0.39 is 0 Å². The van der Waals surface area contributed by atoms with Gasteiger partial charge in [0.05, 0.1) is 79.3 Å². The van der Waals surface area contributed by atoms with E-state index in [4.69, 9.17) is 33.2 Å². The molecule has 0 heterocycles. The summed E-state index contributed by atoms with van der Waals surface area (Å²) < 4.78 is 37.9. The van der Waals surface area contributed by atoms with Crippen LogP contribution in [0, 0.1) is 5.92 Å². The monoisotopic (exact) mass is 394 g/mol. The lowest BCUT2D eigenvalue weighted by molar-refractivity contribution is -0.0207. The van der Waals surface area contributed by atoms with E-state index in [2.05, 4.69) is 20.8 Å². The highest BCUT2D eigenvalue weighted by atomic mass is 16.6. The van der Waals surface area contributed by atoms with Crippen LogP contribution in [0.4, 0.5) is 0 Å². The molecule has 0 aromatic carbocycles. The van der Waals surface area contributed by atoms with Crippen molar-refractivity contribution in [3.05, 3.63) is 0 Å². The van der Waals surface area contributed by atoms with Gasteiger partial charge in [0.25, 0.3) is 0 Å². The molecule has 0 saturated heterocycles. The Morgan fingerprint density at radius 2 is 0.667 bits per heavy atom. The quantitative estimate of drug-likeness (QED) is 0.247. The summed E-state index contributed by atoms with van der Waals surface area (Å²) in [5.41, 5.74) is 0. The summed E-state index contributed by atoms with van der Waals surface area (Å²) in [6.07, 6.45) is 2.13. The van der Waals surface area contributed by atoms with Crippen LogP contribution in [-0.2, 0) is 33.2 Å². The van der Waals surface area contributed by atoms with Gasteiger partial charge >= 0.3 is 0 Å². The molecule has 0 aliphatic heterocycles. The third-order valence-electron chi connectivity index (χ3n) is 3.42. The molecule has 0 unspecified atom stereocenters. The predicted molar refractivity (Wildman–Crippen MR) is 105 cm³/mol. The van der Waals surface area contributed by atoms with Crippen LogP contribution < -0.4 is 0 Å². The van der Waals surface area contributed by atoms with Gasteiger partial charge in [0.1, 0.15) is 0 Å². The van der Waals surface area contributed by atoms with Crippen LogP contribution in [-0.4, -0.2) is 92.5 Å². The molecule has 7 nitrogen and oxygen atoms in total. The first kappa shape index (κ1) is 26.7. The van der Waals surface area contributed by atoms with Crippen LogP contribution in [0.25, 0.3) is 0 Å². The summed E-state index contributed by atoms with van der Waals surface area (Å²) >= 11 is 0. The van der Waals surface area contributed by atoms with Crippen molar-refractivity contribution < 1.29 is 33.2 Å². The maximum Gasteiger partial charge on any atom is 0.0701 e. The highest BCUT2D eigenvalue weighted by Crippen LogP contribution is 1.98. The Kier molecular flexibility index (Phi) is 23.5. The Bertz CT molecular complexity index is 265. The molecule has 164 valence electrons. The van der Waals surface area contributed by atoms with Gasteiger partial charge in [-0.15, -0.1) is 0 Å². The molecule has 0 N–H and O–H groups in total. The summed E-state index contributed by atoms with van der Waals surface area (Å²) in [7, 11) is 0. The van der Waals surface area contributed by atoms with E-state index in [1.807, 2.05) is 0 Å². The maximum absolute atomic E-state index is 5.47. The molecule has 0 amide bonds. The van der Waals surface area contributed by atoms with E-state index in [0.717, 1.165) is 26.1 Å². The minimum Gasteiger partial charge on any atom is -0.379 e. The highest BCUT2D eigenvalue weighted by Gasteiger charge is 1.95. The molecule has 0 atom stereocenters. The summed E-state index contributed by atoms with van der Waals surface area (Å²) in [5, 5.41) is 0. The van der Waals surface area contributed by atoms with E-state index in [1.165, 1.54) is 0 Å². The van der Waals surface area contributed by atoms with Gasteiger partial charge in [0, 0.05) is 13.2 Å². The molecular formula is C20H42O7. The topological polar surface area (TPSA) is 64.6 Å². The van der Waals surface area contributed by atoms with Gasteiger partial charge < -0.3 is 33.2 Å². The molecule has 0 aliphatic rings. The second kappa shape index (κ2) is 23.8. The maximum atomic E-state index is 5.47. The number of hydrogen-bond acceptors (Lipinski definition) is 7. The minimum absolute atomic E-state index is 0.562. The standard InChI is InChI=1S/C20H42O7/c1-4-6-21-8-10-23-12-14-25-16-18-27-19-17-26-15-13-24-11-9-22-7-5-20(2)3/h20H,4-19H2,1-3H3. The SMILES string of the molecule is CCCOCCOCCOCCOCCOCCOCCOCCC(C)C. The Morgan fingerprint density at radius 3 is 0.926 bits per heavy atom. The summed E-state index contributed by atoms with van der Waals surface area (Å²) in [4.78, 5) is 0. The zero-order valence-corrected chi connectivity index (χ0v) is 17.7. The third kappa shape index (κ3) is 25.7. The van der Waals surface area contributed by atoms with Crippen molar-refractivity contribution in [3.8, 4) is 0 Å². The molecule has 0 aliphatic carbocycles. The fourth-order valence-corrected chi connectivity index (χ4v) is 1.88. The third-order valence-corrected chi connectivity index (χ3v) is 3.42. The van der Waals surface area contributed by atoms with Crippen LogP contribution in [0.1, 0.15) is 33.6 Å². The second-order valence-electron chi connectivity index (χ2n) is 6.47. The molecule has 0 aromatic heterocycles. The molecule has 0 spiro atoms. The first-order chi connectivity index (χ1) is 13.3. The van der Waals surface area contributed by atoms with Crippen molar-refractivity contribution in [2.75, 3.05) is 92.5 Å². The number of rotatable bonds is 23. The molecule has 0 aromatic rings. The second-order valence-corrected chi connectivity index (χ2v) is 6.47. The fourth-order valence-electron chi connectivity index (χ4n) is 1.88. The van der Waals surface area contributed by atoms with Crippen LogP contribution >= 0.6 is 0 Å². The first-order valence-electron chi connectivity index (χ1n) is 10.3. The van der Waals surface area contributed by atoms with E-state index in [9.17, 15) is 0 Å². The van der Waals surface area contributed by atoms with Crippen LogP contribution in [0.15, 0.2) is 0 Å². The van der Waals surface area contributed by atoms with Gasteiger partial charge in [-0.25, -0.2) is 0 Å². The average Bonchev–Trinajstić information content (AvgIpc) is 2.65. The Morgan fingerprint density at radius 1 is 0.407 bits per heavy atom. The largest absolute Gasteiger partial charge is 0.379 e. The summed E-state index contributed by atoms with van der Waals surface area (Å²) in [6, 6.07) is 0. The van der Waals surface area contributed by atoms with Gasteiger partial charge in [0.2, 0.25) is 0 Å². The van der Waals surface area contributed by atoms with E-state index >= 15 is 0 Å². The highest BCUT2D eigenvalue weighted by molar-refractivity contribution is 4.42. The van der Waals surface area contributed by atoms with E-state index in [0.29, 0.717) is 85.2 Å². The molecule has 7 heteroatoms. The molecule has 0 rings (SSSR count). The van der Waals surface area contributed by atoms with Gasteiger partial charge in [-0.05, 0) is 18.8 Å². The van der Waals surface area contributed by atoms with E-state index in [-0.39, 0.29) is 0 Å². The normalized spacial score (nSPS) is 11.6. The lowest BCUT2D eigenvalue weighted by atomic mass is 10.1. The predicted octanol–water partition coefficient (Wildman–Crippen LogP) is 2.56. The number of ether oxygens (including phenoxy) is 7. The van der Waals surface area contributed by atoms with Crippen LogP contribution in [0.2, 0.25) is 0 Å². The minimum atomic E-state index is 0.562. The lowest BCUT2D eigenvalue weighted by Gasteiger charge is -2.08. The molecular weight excluding hydrogens is 352 g/mol. The Balaban J connectivity index is 2.97. The molecule has 0 fully saturated rings. The van der Waals surface area contributed by atoms with Crippen LogP contribution in [0.3, 0.4) is 0 Å². The van der Waals surface area contributed by atoms with Gasteiger partial charge in [-0.2, -0.15) is 0 Å². The van der Waals surface area contributed by atoms with Crippen LogP contribution in [0.5, 0.6) is 0 Å². The van der Waals surface area contributed by atoms with Crippen molar-refractivity contribution in [3.63, 3.8) is 0 Å². The van der Waals surface area contributed by atoms with Crippen molar-refractivity contribution in [2.45, 2.75) is 33.6 Å². The zero-order chi connectivity index (χ0) is 19.8. The molecule has 27 heavy (non-hydrogen) atoms. The zero-order valence-electron chi connectivity index (χ0n) is 17.7. The van der Waals surface area contributed by atoms with Gasteiger partial charge in [-0.1, -0.05) is 20.8 Å². The molecule has 0 saturated carbocycles. The summed E-state index contributed by atoms with van der Waals surface area (Å²) in [6.45, 7) is 15.2. The van der Waals surface area contributed by atoms with Gasteiger partial charge in [-0.3, -0.25) is 0 Å². The van der Waals surface area contributed by atoms with Crippen molar-refractivity contribution in [1.29, 1.82) is 0 Å². The number of hydrogen-bond donors (Lipinski definition) is 0. The Labute approximate surface area is 165 Å². The summed E-state index contributed by atoms with van der Waals surface area (Å²) in [5.74, 6) is 0.683. The van der Waals surface area contributed by atoms with Crippen molar-refractivity contribution in [1.82, 2.24) is 0 Å². The van der Waals surface area contributed by atoms with Gasteiger partial charge in [0.15, 0.2) is 0 Å². The smallest absolute Gasteiger partial charge is 0.0701 e. The van der Waals surface area contributed by atoms with E-state index in [1.54, 1.807) is 0 Å².